The van der Waals surface area contributed by atoms with Crippen molar-refractivity contribution in [3.63, 3.8) is 0 Å². The van der Waals surface area contributed by atoms with Crippen molar-refractivity contribution < 1.29 is 9.47 Å². The van der Waals surface area contributed by atoms with Crippen molar-refractivity contribution in [2.45, 2.75) is 26.4 Å². The van der Waals surface area contributed by atoms with Gasteiger partial charge >= 0.3 is 0 Å². The highest BCUT2D eigenvalue weighted by atomic mass is 35.5. The lowest BCUT2D eigenvalue weighted by Gasteiger charge is -2.32. The van der Waals surface area contributed by atoms with Crippen molar-refractivity contribution in [2.75, 3.05) is 33.0 Å². The molecular formula is C27H28ClN5O2. The van der Waals surface area contributed by atoms with Crippen molar-refractivity contribution >= 4 is 22.5 Å². The number of ether oxygens (including phenoxy) is 2. The molecule has 7 nitrogen and oxygen atoms in total. The fourth-order valence-electron chi connectivity index (χ4n) is 5.16. The SMILES string of the molecule is Cc1c(Cl)cccc1-c1c2c(cc3c1c(C(C)N1CCNCC1)nn3Cc1ccccn1)OCO2. The summed E-state index contributed by atoms with van der Waals surface area (Å²) in [6.45, 7) is 8.97. The summed E-state index contributed by atoms with van der Waals surface area (Å²) in [7, 11) is 0. The first-order valence-corrected chi connectivity index (χ1v) is 12.4. The maximum Gasteiger partial charge on any atom is 0.231 e. The molecule has 0 aliphatic carbocycles. The summed E-state index contributed by atoms with van der Waals surface area (Å²) in [5, 5.41) is 10.5. The molecule has 1 unspecified atom stereocenters. The zero-order valence-corrected chi connectivity index (χ0v) is 20.7. The molecule has 1 N–H and O–H groups in total. The maximum absolute atomic E-state index is 6.59. The van der Waals surface area contributed by atoms with Crippen LogP contribution in [-0.2, 0) is 6.54 Å². The van der Waals surface area contributed by atoms with Crippen LogP contribution in [0, 0.1) is 6.92 Å². The predicted octanol–water partition coefficient (Wildman–Crippen LogP) is 4.80. The third kappa shape index (κ3) is 3.93. The number of piperazine rings is 1. The second-order valence-electron chi connectivity index (χ2n) is 9.12. The van der Waals surface area contributed by atoms with E-state index < -0.39 is 0 Å². The number of hydrogen-bond acceptors (Lipinski definition) is 6. The third-order valence-corrected chi connectivity index (χ3v) is 7.48. The van der Waals surface area contributed by atoms with E-state index in [-0.39, 0.29) is 12.8 Å². The minimum Gasteiger partial charge on any atom is -0.453 e. The van der Waals surface area contributed by atoms with E-state index in [9.17, 15) is 0 Å². The number of fused-ring (bicyclic) bond motifs is 2. The summed E-state index contributed by atoms with van der Waals surface area (Å²) in [5.74, 6) is 1.49. The van der Waals surface area contributed by atoms with E-state index in [4.69, 9.17) is 26.2 Å². The molecule has 0 bridgehead atoms. The van der Waals surface area contributed by atoms with Crippen LogP contribution in [0.25, 0.3) is 22.0 Å². The van der Waals surface area contributed by atoms with Gasteiger partial charge in [-0.1, -0.05) is 29.8 Å². The smallest absolute Gasteiger partial charge is 0.231 e. The van der Waals surface area contributed by atoms with E-state index in [1.165, 1.54) is 0 Å². The predicted molar refractivity (Wildman–Crippen MR) is 137 cm³/mol. The Hall–Kier alpha value is -3.13. The average Bonchev–Trinajstić information content (AvgIpc) is 3.50. The fraction of sp³-hybridized carbons (Fsp3) is 0.333. The largest absolute Gasteiger partial charge is 0.453 e. The standard InChI is InChI=1S/C27H28ClN5O2/c1-17-20(7-5-8-21(17)28)24-25-22(14-23-27(24)35-16-34-23)33(15-19-6-3-4-9-30-19)31-26(25)18(2)32-12-10-29-11-13-32/h3-9,14,18,29H,10-13,15-16H2,1-2H3. The zero-order chi connectivity index (χ0) is 23.9. The van der Waals surface area contributed by atoms with E-state index >= 15 is 0 Å². The Labute approximate surface area is 209 Å². The summed E-state index contributed by atoms with van der Waals surface area (Å²) in [4.78, 5) is 7.04. The van der Waals surface area contributed by atoms with Crippen molar-refractivity contribution in [3.05, 3.63) is 70.6 Å². The van der Waals surface area contributed by atoms with E-state index in [0.717, 1.165) is 81.7 Å². The molecule has 2 aliphatic heterocycles. The van der Waals surface area contributed by atoms with Crippen molar-refractivity contribution in [2.24, 2.45) is 0 Å². The molecule has 8 heteroatoms. The Morgan fingerprint density at radius 1 is 1.11 bits per heavy atom. The number of pyridine rings is 1. The lowest BCUT2D eigenvalue weighted by Crippen LogP contribution is -2.44. The number of rotatable bonds is 5. The second kappa shape index (κ2) is 9.15. The first-order chi connectivity index (χ1) is 17.1. The molecule has 2 aliphatic rings. The molecule has 6 rings (SSSR count). The van der Waals surface area contributed by atoms with Crippen LogP contribution in [0.5, 0.6) is 11.5 Å². The van der Waals surface area contributed by atoms with Crippen molar-refractivity contribution in [3.8, 4) is 22.6 Å². The number of nitrogens with one attached hydrogen (secondary N) is 1. The van der Waals surface area contributed by atoms with Gasteiger partial charge in [0, 0.05) is 54.4 Å². The Morgan fingerprint density at radius 3 is 2.77 bits per heavy atom. The number of aromatic nitrogens is 3. The molecule has 2 aromatic heterocycles. The van der Waals surface area contributed by atoms with E-state index in [2.05, 4.69) is 45.9 Å². The summed E-state index contributed by atoms with van der Waals surface area (Å²) >= 11 is 6.59. The van der Waals surface area contributed by atoms with Gasteiger partial charge in [0.25, 0.3) is 0 Å². The molecule has 2 aromatic carbocycles. The van der Waals surface area contributed by atoms with Crippen LogP contribution >= 0.6 is 11.6 Å². The van der Waals surface area contributed by atoms with Crippen molar-refractivity contribution in [1.82, 2.24) is 25.0 Å². The molecule has 0 radical (unpaired) electrons. The Bertz CT molecular complexity index is 1380. The quantitative estimate of drug-likeness (QED) is 0.434. The van der Waals surface area contributed by atoms with Gasteiger partial charge in [0.2, 0.25) is 6.79 Å². The first-order valence-electron chi connectivity index (χ1n) is 12.0. The average molecular weight is 490 g/mol. The molecule has 0 amide bonds. The van der Waals surface area contributed by atoms with Crippen LogP contribution in [-0.4, -0.2) is 52.6 Å². The highest BCUT2D eigenvalue weighted by molar-refractivity contribution is 6.31. The number of hydrogen-bond donors (Lipinski definition) is 1. The molecule has 4 aromatic rings. The molecule has 0 spiro atoms. The lowest BCUT2D eigenvalue weighted by atomic mass is 9.93. The number of halogens is 1. The van der Waals surface area contributed by atoms with Gasteiger partial charge in [-0.3, -0.25) is 14.6 Å². The van der Waals surface area contributed by atoms with Gasteiger partial charge in [-0.25, -0.2) is 0 Å². The fourth-order valence-corrected chi connectivity index (χ4v) is 5.34. The van der Waals surface area contributed by atoms with Gasteiger partial charge in [0.15, 0.2) is 11.5 Å². The summed E-state index contributed by atoms with van der Waals surface area (Å²) < 4.78 is 14.0. The van der Waals surface area contributed by atoms with Gasteiger partial charge in [-0.15, -0.1) is 0 Å². The van der Waals surface area contributed by atoms with Gasteiger partial charge in [-0.2, -0.15) is 5.10 Å². The van der Waals surface area contributed by atoms with Crippen LogP contribution < -0.4 is 14.8 Å². The second-order valence-corrected chi connectivity index (χ2v) is 9.52. The topological polar surface area (TPSA) is 64.4 Å². The van der Waals surface area contributed by atoms with Gasteiger partial charge in [0.1, 0.15) is 0 Å². The lowest BCUT2D eigenvalue weighted by molar-refractivity contribution is 0.174. The first kappa shape index (κ1) is 22.3. The molecule has 1 saturated heterocycles. The molecule has 1 fully saturated rings. The normalized spacial score (nSPS) is 16.7. The van der Waals surface area contributed by atoms with Gasteiger partial charge < -0.3 is 14.8 Å². The number of nitrogens with zero attached hydrogens (tertiary/aromatic N) is 4. The molecule has 0 saturated carbocycles. The third-order valence-electron chi connectivity index (χ3n) is 7.08. The van der Waals surface area contributed by atoms with E-state index in [0.29, 0.717) is 6.54 Å². The van der Waals surface area contributed by atoms with E-state index in [1.54, 1.807) is 0 Å². The van der Waals surface area contributed by atoms with Crippen LogP contribution in [0.4, 0.5) is 0 Å². The Balaban J connectivity index is 1.62. The Morgan fingerprint density at radius 2 is 1.97 bits per heavy atom. The zero-order valence-electron chi connectivity index (χ0n) is 19.9. The molecule has 4 heterocycles. The minimum atomic E-state index is 0.128. The van der Waals surface area contributed by atoms with Gasteiger partial charge in [-0.05, 0) is 43.2 Å². The minimum absolute atomic E-state index is 0.128. The number of benzene rings is 2. The van der Waals surface area contributed by atoms with Crippen molar-refractivity contribution in [1.29, 1.82) is 0 Å². The summed E-state index contributed by atoms with van der Waals surface area (Å²) in [5.41, 5.74) is 6.04. The maximum atomic E-state index is 6.59. The van der Waals surface area contributed by atoms with E-state index in [1.807, 2.05) is 36.5 Å². The monoisotopic (exact) mass is 489 g/mol. The Kier molecular flexibility index (Phi) is 5.84. The molecule has 180 valence electrons. The summed E-state index contributed by atoms with van der Waals surface area (Å²) in [6, 6.07) is 14.2. The summed E-state index contributed by atoms with van der Waals surface area (Å²) in [6.07, 6.45) is 1.82. The van der Waals surface area contributed by atoms with Crippen LogP contribution in [0.15, 0.2) is 48.7 Å². The van der Waals surface area contributed by atoms with Crippen LogP contribution in [0.3, 0.4) is 0 Å². The highest BCUT2D eigenvalue weighted by Crippen LogP contribution is 2.50. The molecule has 1 atom stereocenters. The van der Waals surface area contributed by atoms with Crippen LogP contribution in [0.1, 0.15) is 29.9 Å². The highest BCUT2D eigenvalue weighted by Gasteiger charge is 2.31. The molecule has 35 heavy (non-hydrogen) atoms. The van der Waals surface area contributed by atoms with Crippen LogP contribution in [0.2, 0.25) is 5.02 Å². The molecular weight excluding hydrogens is 462 g/mol. The van der Waals surface area contributed by atoms with Gasteiger partial charge in [0.05, 0.1) is 29.5 Å².